The molecule has 0 radical (unpaired) electrons. The van der Waals surface area contributed by atoms with Gasteiger partial charge in [0.05, 0.1) is 87.2 Å². The first-order valence-corrected chi connectivity index (χ1v) is 21.9. The summed E-state index contributed by atoms with van der Waals surface area (Å²) in [5.41, 5.74) is 12.0. The van der Waals surface area contributed by atoms with Crippen molar-refractivity contribution in [1.29, 1.82) is 0 Å². The Bertz CT molecular complexity index is 3200. The van der Waals surface area contributed by atoms with Crippen LogP contribution in [-0.2, 0) is 10.9 Å². The highest BCUT2D eigenvalue weighted by molar-refractivity contribution is 6.66. The summed E-state index contributed by atoms with van der Waals surface area (Å²) in [5, 5.41) is 18.7. The molecule has 1 aliphatic rings. The van der Waals surface area contributed by atoms with Crippen LogP contribution in [-0.4, -0.2) is 93.1 Å². The van der Waals surface area contributed by atoms with Gasteiger partial charge in [0.25, 0.3) is 0 Å². The van der Waals surface area contributed by atoms with Crippen LogP contribution in [0.4, 0.5) is 0 Å². The van der Waals surface area contributed by atoms with Gasteiger partial charge in [0.2, 0.25) is 0 Å². The SMILES string of the molecule is BC(B)(B)C(B)(O)c1nc2ccccc2n1-c1ccc2cc(-c3c4ccccc4c(-c4ccc5c(c4)C(C(B)(B)B)(C(B)(B)B)c4ccccc4-5)c4ccccc34)ccc2c1. The van der Waals surface area contributed by atoms with Gasteiger partial charge in [-0.15, -0.1) is 0 Å². The Morgan fingerprint density at radius 2 is 0.967 bits per heavy atom. The number of benzene rings is 8. The maximum absolute atomic E-state index is 12.0. The number of aliphatic hydroxyl groups is 1. The molecule has 1 N–H and O–H groups in total. The van der Waals surface area contributed by atoms with Gasteiger partial charge in [-0.3, -0.25) is 4.57 Å². The van der Waals surface area contributed by atoms with Crippen LogP contribution in [0, 0.1) is 0 Å². The maximum atomic E-state index is 12.0. The van der Waals surface area contributed by atoms with Crippen molar-refractivity contribution in [2.45, 2.75) is 26.3 Å². The molecular formula is C48H46B10N2O. The van der Waals surface area contributed by atoms with Crippen LogP contribution in [0.2, 0.25) is 15.3 Å². The minimum atomic E-state index is -1.17. The van der Waals surface area contributed by atoms with Crippen molar-refractivity contribution in [1.82, 2.24) is 9.55 Å². The molecule has 1 unspecified atom stereocenters. The van der Waals surface area contributed by atoms with E-state index in [4.69, 9.17) is 4.98 Å². The Hall–Kier alpha value is -5.38. The zero-order valence-electron chi connectivity index (χ0n) is 37.3. The van der Waals surface area contributed by atoms with Gasteiger partial charge in [-0.05, 0) is 119 Å². The van der Waals surface area contributed by atoms with Crippen molar-refractivity contribution in [3.8, 4) is 39.1 Å². The van der Waals surface area contributed by atoms with Gasteiger partial charge in [0, 0.05) is 5.69 Å². The molecule has 61 heavy (non-hydrogen) atoms. The van der Waals surface area contributed by atoms with Crippen LogP contribution in [0.25, 0.3) is 82.4 Å². The molecule has 0 bridgehead atoms. The number of hydrogen-bond donors (Lipinski definition) is 1. The highest BCUT2D eigenvalue weighted by Gasteiger charge is 2.56. The third-order valence-corrected chi connectivity index (χ3v) is 14.3. The fourth-order valence-corrected chi connectivity index (χ4v) is 11.4. The number of imidazole rings is 1. The molecule has 1 heterocycles. The lowest BCUT2D eigenvalue weighted by molar-refractivity contribution is 0.118. The number of hydrogen-bond acceptors (Lipinski definition) is 2. The first-order chi connectivity index (χ1) is 28.9. The predicted octanol–water partition coefficient (Wildman–Crippen LogP) is 1.78. The third kappa shape index (κ3) is 5.72. The third-order valence-electron chi connectivity index (χ3n) is 14.3. The van der Waals surface area contributed by atoms with Crippen molar-refractivity contribution >= 4 is 122 Å². The summed E-state index contributed by atoms with van der Waals surface area (Å²) < 4.78 is 2.14. The molecule has 0 amide bonds. The average Bonchev–Trinajstić information content (AvgIpc) is 3.77. The molecule has 284 valence electrons. The molecule has 0 fully saturated rings. The molecule has 0 saturated carbocycles. The fraction of sp³-hybridized carbons (Fsp3) is 0.104. The van der Waals surface area contributed by atoms with Gasteiger partial charge < -0.3 is 5.11 Å². The molecule has 13 heteroatoms. The van der Waals surface area contributed by atoms with Crippen LogP contribution in [0.15, 0.2) is 152 Å². The van der Waals surface area contributed by atoms with Gasteiger partial charge in [0.1, 0.15) is 5.82 Å². The Morgan fingerprint density at radius 1 is 0.475 bits per heavy atom. The van der Waals surface area contributed by atoms with Crippen molar-refractivity contribution in [3.63, 3.8) is 0 Å². The van der Waals surface area contributed by atoms with Crippen molar-refractivity contribution in [3.05, 3.63) is 169 Å². The molecule has 0 aliphatic heterocycles. The molecule has 9 aromatic rings. The lowest BCUT2D eigenvalue weighted by Gasteiger charge is -2.54. The summed E-state index contributed by atoms with van der Waals surface area (Å²) in [6.45, 7) is 0. The summed E-state index contributed by atoms with van der Waals surface area (Å²) in [6.07, 6.45) is 0. The van der Waals surface area contributed by atoms with E-state index in [1.165, 1.54) is 66.1 Å². The van der Waals surface area contributed by atoms with Gasteiger partial charge in [-0.25, -0.2) is 4.98 Å². The van der Waals surface area contributed by atoms with E-state index in [2.05, 4.69) is 209 Å². The van der Waals surface area contributed by atoms with E-state index in [1.54, 1.807) is 0 Å². The highest BCUT2D eigenvalue weighted by atomic mass is 16.3. The highest BCUT2D eigenvalue weighted by Crippen LogP contribution is 2.65. The summed E-state index contributed by atoms with van der Waals surface area (Å²) in [5.74, 6) is 0.644. The molecule has 1 aliphatic carbocycles. The van der Waals surface area contributed by atoms with Gasteiger partial charge >= 0.3 is 0 Å². The summed E-state index contributed by atoms with van der Waals surface area (Å²) in [6, 6.07) is 56.1. The lowest BCUT2D eigenvalue weighted by Crippen LogP contribution is -2.52. The van der Waals surface area contributed by atoms with E-state index in [1.807, 2.05) is 26.0 Å². The molecular weight excluding hydrogens is 729 g/mol. The van der Waals surface area contributed by atoms with Gasteiger partial charge in [-0.2, -0.15) is 0 Å². The molecule has 0 spiro atoms. The number of nitrogens with zero attached hydrogens (tertiary/aromatic N) is 2. The van der Waals surface area contributed by atoms with Crippen LogP contribution >= 0.6 is 0 Å². The molecule has 1 aromatic heterocycles. The second kappa shape index (κ2) is 13.6. The predicted molar refractivity (Wildman–Crippen MR) is 288 cm³/mol. The Kier molecular flexibility index (Phi) is 8.83. The van der Waals surface area contributed by atoms with E-state index in [9.17, 15) is 5.11 Å². The summed E-state index contributed by atoms with van der Waals surface area (Å²) in [4.78, 5) is 5.02. The largest absolute Gasteiger partial charge is 0.393 e. The summed E-state index contributed by atoms with van der Waals surface area (Å²) in [7, 11) is 22.6. The Labute approximate surface area is 368 Å². The first-order valence-electron chi connectivity index (χ1n) is 21.9. The Morgan fingerprint density at radius 3 is 1.57 bits per heavy atom. The van der Waals surface area contributed by atoms with Crippen molar-refractivity contribution in [2.75, 3.05) is 0 Å². The second-order valence-corrected chi connectivity index (χ2v) is 20.7. The summed E-state index contributed by atoms with van der Waals surface area (Å²) >= 11 is 0. The van der Waals surface area contributed by atoms with E-state index in [0.717, 1.165) is 27.5 Å². The Balaban J connectivity index is 1.16. The fourth-order valence-electron chi connectivity index (χ4n) is 11.4. The molecule has 8 aromatic carbocycles. The average molecular weight is 775 g/mol. The lowest BCUT2D eigenvalue weighted by atomic mass is 9.18. The smallest absolute Gasteiger partial charge is 0.150 e. The topological polar surface area (TPSA) is 38.1 Å². The molecule has 10 rings (SSSR count). The van der Waals surface area contributed by atoms with Crippen LogP contribution in [0.5, 0.6) is 0 Å². The minimum absolute atomic E-state index is 0.0449. The van der Waals surface area contributed by atoms with Gasteiger partial charge in [0.15, 0.2) is 7.85 Å². The maximum Gasteiger partial charge on any atom is 0.150 e. The monoisotopic (exact) mass is 776 g/mol. The van der Waals surface area contributed by atoms with E-state index >= 15 is 0 Å². The molecule has 0 saturated heterocycles. The standard InChI is InChI=1S/C48H46B10N2O/c49-45(61,48(56,57)58)43-59-39-15-7-8-16-40(39)60(43)30-21-19-26-23-28(18-17-27(26)24-30)41-33-10-1-3-12-35(33)42(36-13-4-2-11-34(36)41)29-20-22-32-31-9-5-6-14-37(31)44(38(32)25-29,46(50,51)52)47(53,54)55/h1-25,61H,49-58H2. The van der Waals surface area contributed by atoms with Gasteiger partial charge in [-0.1, -0.05) is 131 Å². The van der Waals surface area contributed by atoms with Crippen LogP contribution < -0.4 is 0 Å². The quantitative estimate of drug-likeness (QED) is 0.198. The second-order valence-electron chi connectivity index (χ2n) is 20.7. The van der Waals surface area contributed by atoms with Crippen molar-refractivity contribution in [2.24, 2.45) is 0 Å². The minimum Gasteiger partial charge on any atom is -0.393 e. The van der Waals surface area contributed by atoms with E-state index in [-0.39, 0.29) is 15.6 Å². The van der Waals surface area contributed by atoms with E-state index in [0.29, 0.717) is 5.82 Å². The number of aromatic nitrogens is 2. The normalized spacial score (nSPS) is 14.9. The molecule has 3 nitrogen and oxygen atoms in total. The van der Waals surface area contributed by atoms with Crippen LogP contribution in [0.1, 0.15) is 17.0 Å². The van der Waals surface area contributed by atoms with E-state index < -0.39 is 10.6 Å². The van der Waals surface area contributed by atoms with Crippen LogP contribution in [0.3, 0.4) is 0 Å². The number of fused-ring (bicyclic) bond motifs is 7. The number of rotatable bonds is 7. The van der Waals surface area contributed by atoms with Crippen molar-refractivity contribution < 1.29 is 5.11 Å². The zero-order valence-corrected chi connectivity index (χ0v) is 37.3. The zero-order chi connectivity index (χ0) is 42.9. The first kappa shape index (κ1) is 39.7. The number of para-hydroxylation sites is 2. The molecule has 1 atom stereocenters.